The zero-order valence-corrected chi connectivity index (χ0v) is 22.9. The van der Waals surface area contributed by atoms with Crippen LogP contribution < -0.4 is 9.47 Å². The van der Waals surface area contributed by atoms with Gasteiger partial charge in [0.05, 0.1) is 20.5 Å². The largest absolute Gasteiger partial charge is 0.497 e. The summed E-state index contributed by atoms with van der Waals surface area (Å²) in [5.41, 5.74) is 0. The number of nitrogens with zero attached hydrogens (tertiary/aromatic N) is 4. The minimum absolute atomic E-state index is 0.166. The number of methoxy groups -OCH3 is 2. The molecule has 37 heavy (non-hydrogen) atoms. The molecule has 0 bridgehead atoms. The number of likely N-dealkylation sites (tertiary alicyclic amines) is 1. The van der Waals surface area contributed by atoms with E-state index in [2.05, 4.69) is 4.98 Å². The molecule has 0 saturated carbocycles. The van der Waals surface area contributed by atoms with Crippen molar-refractivity contribution in [2.24, 2.45) is 11.8 Å². The molecule has 2 aliphatic rings. The predicted molar refractivity (Wildman–Crippen MR) is 141 cm³/mol. The molecule has 9 nitrogen and oxygen atoms in total. The van der Waals surface area contributed by atoms with Gasteiger partial charge in [-0.05, 0) is 49.7 Å². The molecular weight excluding hydrogens is 492 g/mol. The molecular formula is C27H40N4O5S. The monoisotopic (exact) mass is 532 g/mol. The van der Waals surface area contributed by atoms with Gasteiger partial charge in [-0.3, -0.25) is 4.79 Å². The molecule has 0 atom stereocenters. The number of carbonyl (C=O) groups excluding carboxylic acids is 1. The number of aryl methyl sites for hydroxylation is 1. The van der Waals surface area contributed by atoms with E-state index in [1.54, 1.807) is 35.0 Å². The van der Waals surface area contributed by atoms with Crippen LogP contribution in [0.4, 0.5) is 0 Å². The molecule has 0 N–H and O–H groups in total. The predicted octanol–water partition coefficient (Wildman–Crippen LogP) is 3.80. The molecule has 0 spiro atoms. The van der Waals surface area contributed by atoms with Crippen molar-refractivity contribution >= 4 is 15.9 Å². The van der Waals surface area contributed by atoms with E-state index in [9.17, 15) is 13.2 Å². The van der Waals surface area contributed by atoms with E-state index in [0.29, 0.717) is 49.4 Å². The van der Waals surface area contributed by atoms with Crippen LogP contribution in [0.15, 0.2) is 41.8 Å². The molecule has 3 heterocycles. The summed E-state index contributed by atoms with van der Waals surface area (Å²) >= 11 is 0. The lowest BCUT2D eigenvalue weighted by Gasteiger charge is -2.33. The normalized spacial score (nSPS) is 18.2. The van der Waals surface area contributed by atoms with Crippen molar-refractivity contribution in [2.75, 3.05) is 40.4 Å². The van der Waals surface area contributed by atoms with E-state index >= 15 is 0 Å². The zero-order chi connectivity index (χ0) is 26.3. The molecule has 2 aliphatic heterocycles. The summed E-state index contributed by atoms with van der Waals surface area (Å²) in [5.74, 6) is 2.32. The van der Waals surface area contributed by atoms with E-state index < -0.39 is 10.0 Å². The standard InChI is InChI=1S/C27H40N4O5S/c1-35-24-6-7-25(36-2)26(20-24)37(33,34)31-17-10-23(11-18-31)5-3-4-22-8-15-30(16-9-22)27(32)12-14-29-19-13-28-21-29/h6-7,13,19-23H,3-5,8-12,14-18H2,1-2H3. The highest BCUT2D eigenvalue weighted by atomic mass is 32.2. The maximum Gasteiger partial charge on any atom is 0.246 e. The second-order valence-corrected chi connectivity index (χ2v) is 12.1. The van der Waals surface area contributed by atoms with Crippen molar-refractivity contribution in [3.05, 3.63) is 36.9 Å². The third-order valence-electron chi connectivity index (χ3n) is 7.90. The molecule has 1 aromatic carbocycles. The van der Waals surface area contributed by atoms with E-state index in [-0.39, 0.29) is 10.8 Å². The molecule has 2 aromatic rings. The summed E-state index contributed by atoms with van der Waals surface area (Å²) in [4.78, 5) is 18.7. The Labute approximate surface area is 220 Å². The number of ether oxygens (including phenoxy) is 2. The van der Waals surface area contributed by atoms with E-state index in [0.717, 1.165) is 45.2 Å². The zero-order valence-electron chi connectivity index (χ0n) is 22.0. The fourth-order valence-electron chi connectivity index (χ4n) is 5.53. The van der Waals surface area contributed by atoms with Crippen LogP contribution in [-0.4, -0.2) is 73.5 Å². The highest BCUT2D eigenvalue weighted by Gasteiger charge is 2.32. The number of piperidine rings is 2. The Balaban J connectivity index is 1.16. The van der Waals surface area contributed by atoms with Crippen molar-refractivity contribution in [1.82, 2.24) is 18.8 Å². The van der Waals surface area contributed by atoms with E-state index in [1.807, 2.05) is 15.7 Å². The molecule has 204 valence electrons. The number of aromatic nitrogens is 2. The highest BCUT2D eigenvalue weighted by Crippen LogP contribution is 2.34. The smallest absolute Gasteiger partial charge is 0.246 e. The molecule has 1 aromatic heterocycles. The highest BCUT2D eigenvalue weighted by molar-refractivity contribution is 7.89. The first-order valence-corrected chi connectivity index (χ1v) is 14.8. The van der Waals surface area contributed by atoms with Gasteiger partial charge in [0.15, 0.2) is 0 Å². The minimum atomic E-state index is -3.64. The van der Waals surface area contributed by atoms with Crippen molar-refractivity contribution in [3.63, 3.8) is 0 Å². The average molecular weight is 533 g/mol. The first-order valence-electron chi connectivity index (χ1n) is 13.4. The molecule has 2 saturated heterocycles. The van der Waals surface area contributed by atoms with Crippen molar-refractivity contribution < 1.29 is 22.7 Å². The first-order chi connectivity index (χ1) is 17.9. The maximum absolute atomic E-state index is 13.3. The number of carbonyl (C=O) groups is 1. The summed E-state index contributed by atoms with van der Waals surface area (Å²) in [5, 5.41) is 0. The van der Waals surface area contributed by atoms with Crippen LogP contribution in [-0.2, 0) is 21.4 Å². The van der Waals surface area contributed by atoms with Gasteiger partial charge in [-0.1, -0.05) is 19.3 Å². The van der Waals surface area contributed by atoms with Crippen molar-refractivity contribution in [1.29, 1.82) is 0 Å². The van der Waals surface area contributed by atoms with E-state index in [1.165, 1.54) is 27.1 Å². The van der Waals surface area contributed by atoms with Gasteiger partial charge >= 0.3 is 0 Å². The van der Waals surface area contributed by atoms with Gasteiger partial charge in [0.25, 0.3) is 0 Å². The number of hydrogen-bond acceptors (Lipinski definition) is 6. The van der Waals surface area contributed by atoms with Crippen LogP contribution in [0.25, 0.3) is 0 Å². The summed E-state index contributed by atoms with van der Waals surface area (Å²) in [6.07, 6.45) is 13.3. The Morgan fingerprint density at radius 3 is 2.27 bits per heavy atom. The van der Waals surface area contributed by atoms with Crippen LogP contribution in [0.2, 0.25) is 0 Å². The van der Waals surface area contributed by atoms with Crippen LogP contribution in [0.3, 0.4) is 0 Å². The lowest BCUT2D eigenvalue weighted by Crippen LogP contribution is -2.39. The Bertz CT molecular complexity index is 1110. The third-order valence-corrected chi connectivity index (χ3v) is 9.82. The number of imidazole rings is 1. The Morgan fingerprint density at radius 1 is 1.00 bits per heavy atom. The molecule has 10 heteroatoms. The second-order valence-electron chi connectivity index (χ2n) is 10.2. The fourth-order valence-corrected chi connectivity index (χ4v) is 7.17. The molecule has 1 amide bonds. The van der Waals surface area contributed by atoms with Gasteiger partial charge < -0.3 is 18.9 Å². The van der Waals surface area contributed by atoms with Gasteiger partial charge in [-0.2, -0.15) is 4.31 Å². The summed E-state index contributed by atoms with van der Waals surface area (Å²) in [7, 11) is -0.627. The van der Waals surface area contributed by atoms with Gasteiger partial charge in [-0.15, -0.1) is 0 Å². The Kier molecular flexibility index (Phi) is 9.48. The topological polar surface area (TPSA) is 94.0 Å². The fraction of sp³-hybridized carbons (Fsp3) is 0.630. The quantitative estimate of drug-likeness (QED) is 0.437. The molecule has 0 aliphatic carbocycles. The first kappa shape index (κ1) is 27.4. The minimum Gasteiger partial charge on any atom is -0.497 e. The van der Waals surface area contributed by atoms with Gasteiger partial charge in [0.1, 0.15) is 16.4 Å². The average Bonchev–Trinajstić information content (AvgIpc) is 3.46. The lowest BCUT2D eigenvalue weighted by atomic mass is 9.87. The SMILES string of the molecule is COc1ccc(OC)c(S(=O)(=O)N2CCC(CCCC3CCN(C(=O)CCn4ccnc4)CC3)CC2)c1. The van der Waals surface area contributed by atoms with Crippen LogP contribution in [0, 0.1) is 11.8 Å². The Hall–Kier alpha value is -2.59. The maximum atomic E-state index is 13.3. The van der Waals surface area contributed by atoms with Gasteiger partial charge in [-0.25, -0.2) is 13.4 Å². The summed E-state index contributed by atoms with van der Waals surface area (Å²) in [6.45, 7) is 3.47. The third kappa shape index (κ3) is 7.04. The Morgan fingerprint density at radius 2 is 1.68 bits per heavy atom. The molecule has 4 rings (SSSR count). The van der Waals surface area contributed by atoms with Crippen LogP contribution in [0.5, 0.6) is 11.5 Å². The summed E-state index contributed by atoms with van der Waals surface area (Å²) in [6, 6.07) is 4.88. The second kappa shape index (κ2) is 12.8. The van der Waals surface area contributed by atoms with Crippen LogP contribution >= 0.6 is 0 Å². The number of rotatable bonds is 11. The van der Waals surface area contributed by atoms with E-state index in [4.69, 9.17) is 9.47 Å². The molecule has 0 unspecified atom stereocenters. The molecule has 0 radical (unpaired) electrons. The number of hydrogen-bond donors (Lipinski definition) is 0. The molecule has 2 fully saturated rings. The van der Waals surface area contributed by atoms with Gasteiger partial charge in [0, 0.05) is 57.6 Å². The lowest BCUT2D eigenvalue weighted by molar-refractivity contribution is -0.132. The number of amides is 1. The van der Waals surface area contributed by atoms with Crippen molar-refractivity contribution in [2.45, 2.75) is 62.8 Å². The van der Waals surface area contributed by atoms with Crippen LogP contribution in [0.1, 0.15) is 51.4 Å². The number of benzene rings is 1. The number of sulfonamides is 1. The van der Waals surface area contributed by atoms with Gasteiger partial charge in [0.2, 0.25) is 15.9 Å². The summed E-state index contributed by atoms with van der Waals surface area (Å²) < 4.78 is 40.7. The van der Waals surface area contributed by atoms with Crippen molar-refractivity contribution in [3.8, 4) is 11.5 Å².